The van der Waals surface area contributed by atoms with E-state index in [0.717, 1.165) is 18.8 Å². The van der Waals surface area contributed by atoms with Crippen molar-refractivity contribution >= 4 is 5.78 Å². The largest absolute Gasteiger partial charge is 0.299 e. The summed E-state index contributed by atoms with van der Waals surface area (Å²) in [5.41, 5.74) is 0.121. The summed E-state index contributed by atoms with van der Waals surface area (Å²) in [7, 11) is 0. The van der Waals surface area contributed by atoms with Gasteiger partial charge in [0.05, 0.1) is 0 Å². The van der Waals surface area contributed by atoms with Gasteiger partial charge in [0.15, 0.2) is 0 Å². The SMILES string of the molecule is C=CCC(CC1CCC1)C(=O)CC(C)(C)C. The number of hydrogen-bond donors (Lipinski definition) is 0. The summed E-state index contributed by atoms with van der Waals surface area (Å²) in [6, 6.07) is 0. The first-order valence-corrected chi connectivity index (χ1v) is 6.56. The lowest BCUT2D eigenvalue weighted by atomic mass is 9.75. The maximum atomic E-state index is 12.2. The van der Waals surface area contributed by atoms with Gasteiger partial charge in [-0.1, -0.05) is 46.1 Å². The van der Waals surface area contributed by atoms with Crippen LogP contribution >= 0.6 is 0 Å². The van der Waals surface area contributed by atoms with E-state index in [9.17, 15) is 4.79 Å². The molecule has 0 amide bonds. The van der Waals surface area contributed by atoms with Gasteiger partial charge in [-0.2, -0.15) is 0 Å². The van der Waals surface area contributed by atoms with Crippen LogP contribution in [0.15, 0.2) is 12.7 Å². The molecule has 0 spiro atoms. The number of carbonyl (C=O) groups excluding carboxylic acids is 1. The topological polar surface area (TPSA) is 17.1 Å². The fourth-order valence-corrected chi connectivity index (χ4v) is 2.36. The fraction of sp³-hybridized carbons (Fsp3) is 0.800. The van der Waals surface area contributed by atoms with E-state index in [-0.39, 0.29) is 11.3 Å². The van der Waals surface area contributed by atoms with E-state index in [1.54, 1.807) is 0 Å². The second-order valence-corrected chi connectivity index (χ2v) is 6.46. The summed E-state index contributed by atoms with van der Waals surface area (Å²) >= 11 is 0. The predicted molar refractivity (Wildman–Crippen MR) is 69.3 cm³/mol. The van der Waals surface area contributed by atoms with Gasteiger partial charge in [-0.3, -0.25) is 4.79 Å². The van der Waals surface area contributed by atoms with Crippen LogP contribution in [0.1, 0.15) is 59.3 Å². The molecule has 1 rings (SSSR count). The second-order valence-electron chi connectivity index (χ2n) is 6.46. The standard InChI is InChI=1S/C15H26O/c1-5-7-13(10-12-8-6-9-12)14(16)11-15(2,3)4/h5,12-13H,1,6-11H2,2-4H3. The molecule has 92 valence electrons. The van der Waals surface area contributed by atoms with Crippen molar-refractivity contribution in [2.45, 2.75) is 59.3 Å². The van der Waals surface area contributed by atoms with Gasteiger partial charge in [-0.25, -0.2) is 0 Å². The van der Waals surface area contributed by atoms with Crippen LogP contribution in [0.2, 0.25) is 0 Å². The summed E-state index contributed by atoms with van der Waals surface area (Å²) in [6.07, 6.45) is 8.60. The van der Waals surface area contributed by atoms with Crippen LogP contribution in [0, 0.1) is 17.3 Å². The molecule has 0 radical (unpaired) electrons. The number of hydrogen-bond acceptors (Lipinski definition) is 1. The zero-order chi connectivity index (χ0) is 12.2. The molecule has 1 aliphatic carbocycles. The van der Waals surface area contributed by atoms with Crippen molar-refractivity contribution in [1.82, 2.24) is 0 Å². The van der Waals surface area contributed by atoms with Crippen molar-refractivity contribution < 1.29 is 4.79 Å². The minimum Gasteiger partial charge on any atom is -0.299 e. The molecule has 0 aromatic heterocycles. The highest BCUT2D eigenvalue weighted by atomic mass is 16.1. The third-order valence-corrected chi connectivity index (χ3v) is 3.45. The Morgan fingerprint density at radius 1 is 1.44 bits per heavy atom. The first-order chi connectivity index (χ1) is 7.42. The predicted octanol–water partition coefficient (Wildman–Crippen LogP) is 4.37. The lowest BCUT2D eigenvalue weighted by Gasteiger charge is -2.30. The normalized spacial score (nSPS) is 18.9. The fourth-order valence-electron chi connectivity index (χ4n) is 2.36. The monoisotopic (exact) mass is 222 g/mol. The Hall–Kier alpha value is -0.590. The molecule has 1 unspecified atom stereocenters. The third kappa shape index (κ3) is 4.51. The third-order valence-electron chi connectivity index (χ3n) is 3.45. The van der Waals surface area contributed by atoms with E-state index in [4.69, 9.17) is 0 Å². The van der Waals surface area contributed by atoms with E-state index < -0.39 is 0 Å². The molecule has 0 aromatic carbocycles. The van der Waals surface area contributed by atoms with Crippen molar-refractivity contribution in [2.75, 3.05) is 0 Å². The van der Waals surface area contributed by atoms with Gasteiger partial charge in [0.2, 0.25) is 0 Å². The Morgan fingerprint density at radius 3 is 2.44 bits per heavy atom. The summed E-state index contributed by atoms with van der Waals surface area (Å²) in [4.78, 5) is 12.2. The van der Waals surface area contributed by atoms with Crippen LogP contribution in [0.4, 0.5) is 0 Å². The molecule has 1 saturated carbocycles. The van der Waals surface area contributed by atoms with Gasteiger partial charge in [0.1, 0.15) is 5.78 Å². The average Bonchev–Trinajstić information content (AvgIpc) is 2.05. The summed E-state index contributed by atoms with van der Waals surface area (Å²) in [6.45, 7) is 10.2. The number of ketones is 1. The number of rotatable bonds is 6. The van der Waals surface area contributed by atoms with E-state index in [0.29, 0.717) is 12.2 Å². The summed E-state index contributed by atoms with van der Waals surface area (Å²) in [5.74, 6) is 1.50. The average molecular weight is 222 g/mol. The molecule has 1 fully saturated rings. The molecule has 0 saturated heterocycles. The minimum absolute atomic E-state index is 0.121. The first-order valence-electron chi connectivity index (χ1n) is 6.56. The van der Waals surface area contributed by atoms with Gasteiger partial charge in [0, 0.05) is 12.3 Å². The molecule has 1 nitrogen and oxygen atoms in total. The molecule has 0 aliphatic heterocycles. The van der Waals surface area contributed by atoms with E-state index >= 15 is 0 Å². The summed E-state index contributed by atoms with van der Waals surface area (Å²) in [5, 5.41) is 0. The van der Waals surface area contributed by atoms with Crippen molar-refractivity contribution in [3.63, 3.8) is 0 Å². The molecule has 1 heteroatoms. The van der Waals surface area contributed by atoms with Crippen molar-refractivity contribution in [2.24, 2.45) is 17.3 Å². The molecule has 0 bridgehead atoms. The summed E-state index contributed by atoms with van der Waals surface area (Å²) < 4.78 is 0. The highest BCUT2D eigenvalue weighted by molar-refractivity contribution is 5.81. The zero-order valence-corrected chi connectivity index (χ0v) is 11.1. The van der Waals surface area contributed by atoms with Crippen LogP contribution in [0.25, 0.3) is 0 Å². The van der Waals surface area contributed by atoms with Crippen molar-refractivity contribution in [3.05, 3.63) is 12.7 Å². The van der Waals surface area contributed by atoms with E-state index in [1.807, 2.05) is 6.08 Å². The van der Waals surface area contributed by atoms with Gasteiger partial charge in [0.25, 0.3) is 0 Å². The Labute approximate surface area is 100 Å². The van der Waals surface area contributed by atoms with Gasteiger partial charge in [-0.15, -0.1) is 6.58 Å². The maximum Gasteiger partial charge on any atom is 0.136 e. The molecule has 1 aliphatic rings. The molecule has 0 heterocycles. The van der Waals surface area contributed by atoms with Crippen LogP contribution in [-0.4, -0.2) is 5.78 Å². The van der Waals surface area contributed by atoms with Gasteiger partial charge >= 0.3 is 0 Å². The molecule has 1 atom stereocenters. The van der Waals surface area contributed by atoms with E-state index in [2.05, 4.69) is 27.4 Å². The van der Waals surface area contributed by atoms with Crippen LogP contribution in [-0.2, 0) is 4.79 Å². The van der Waals surface area contributed by atoms with Crippen LogP contribution in [0.3, 0.4) is 0 Å². The maximum absolute atomic E-state index is 12.2. The first kappa shape index (κ1) is 13.5. The smallest absolute Gasteiger partial charge is 0.136 e. The van der Waals surface area contributed by atoms with Gasteiger partial charge < -0.3 is 0 Å². The van der Waals surface area contributed by atoms with Crippen molar-refractivity contribution in [3.8, 4) is 0 Å². The van der Waals surface area contributed by atoms with Crippen LogP contribution < -0.4 is 0 Å². The second kappa shape index (κ2) is 5.65. The number of allylic oxidation sites excluding steroid dienone is 1. The molecular formula is C15H26O. The molecule has 0 N–H and O–H groups in total. The molecule has 0 aromatic rings. The Bertz CT molecular complexity index is 243. The van der Waals surface area contributed by atoms with E-state index in [1.165, 1.54) is 19.3 Å². The highest BCUT2D eigenvalue weighted by Gasteiger charge is 2.27. The Kier molecular flexibility index (Phi) is 4.76. The minimum atomic E-state index is 0.121. The lowest BCUT2D eigenvalue weighted by Crippen LogP contribution is -2.25. The van der Waals surface area contributed by atoms with Crippen LogP contribution in [0.5, 0.6) is 0 Å². The molecule has 16 heavy (non-hydrogen) atoms. The zero-order valence-electron chi connectivity index (χ0n) is 11.1. The Morgan fingerprint density at radius 2 is 2.06 bits per heavy atom. The number of Topliss-reactive ketones (excluding diaryl/α,β-unsaturated/α-hetero) is 1. The van der Waals surface area contributed by atoms with Crippen molar-refractivity contribution in [1.29, 1.82) is 0 Å². The van der Waals surface area contributed by atoms with Gasteiger partial charge in [-0.05, 0) is 24.2 Å². The quantitative estimate of drug-likeness (QED) is 0.610. The lowest BCUT2D eigenvalue weighted by molar-refractivity contribution is -0.125. The molecular weight excluding hydrogens is 196 g/mol. The number of carbonyl (C=O) groups is 1. The Balaban J connectivity index is 2.47. The highest BCUT2D eigenvalue weighted by Crippen LogP contribution is 2.35.